The van der Waals surface area contributed by atoms with E-state index in [1.54, 1.807) is 28.7 Å². The molecular weight excluding hydrogens is 440 g/mol. The minimum atomic E-state index is -0.180. The summed E-state index contributed by atoms with van der Waals surface area (Å²) in [6.07, 6.45) is 5.03. The number of hydrogen-bond acceptors (Lipinski definition) is 8. The molecule has 0 spiro atoms. The highest BCUT2D eigenvalue weighted by Crippen LogP contribution is 2.32. The van der Waals surface area contributed by atoms with E-state index in [-0.39, 0.29) is 12.7 Å². The summed E-state index contributed by atoms with van der Waals surface area (Å²) < 4.78 is 12.5. The van der Waals surface area contributed by atoms with Gasteiger partial charge in [0.1, 0.15) is 5.82 Å². The molecule has 3 aromatic rings. The Morgan fingerprint density at radius 2 is 2.12 bits per heavy atom. The molecule has 3 heterocycles. The minimum Gasteiger partial charge on any atom is -0.454 e. The molecule has 0 radical (unpaired) electrons. The summed E-state index contributed by atoms with van der Waals surface area (Å²) in [4.78, 5) is 21.6. The van der Waals surface area contributed by atoms with E-state index in [0.29, 0.717) is 29.9 Å². The van der Waals surface area contributed by atoms with Crippen LogP contribution in [0.25, 0.3) is 17.1 Å². The Morgan fingerprint density at radius 3 is 2.94 bits per heavy atom. The second-order valence-corrected chi connectivity index (χ2v) is 9.14. The molecule has 0 saturated heterocycles. The predicted molar refractivity (Wildman–Crippen MR) is 130 cm³/mol. The van der Waals surface area contributed by atoms with Gasteiger partial charge in [-0.3, -0.25) is 4.79 Å². The first-order valence-electron chi connectivity index (χ1n) is 11.0. The second kappa shape index (κ2) is 10.6. The number of nitrogens with zero attached hydrogens (tertiary/aromatic N) is 4. The van der Waals surface area contributed by atoms with Crippen LogP contribution in [0.3, 0.4) is 0 Å². The van der Waals surface area contributed by atoms with Crippen molar-refractivity contribution in [1.29, 1.82) is 0 Å². The first kappa shape index (κ1) is 22.9. The van der Waals surface area contributed by atoms with Gasteiger partial charge in [-0.1, -0.05) is 38.6 Å². The molecule has 0 unspecified atom stereocenters. The number of benzene rings is 1. The van der Waals surface area contributed by atoms with Crippen LogP contribution in [0.15, 0.2) is 35.6 Å². The maximum absolute atomic E-state index is 12.3. The molecule has 174 valence electrons. The maximum atomic E-state index is 12.3. The molecule has 2 N–H and O–H groups in total. The first-order chi connectivity index (χ1) is 16.0. The molecule has 1 aromatic carbocycles. The van der Waals surface area contributed by atoms with Gasteiger partial charge >= 0.3 is 0 Å². The fraction of sp³-hybridized carbons (Fsp3) is 0.391. The lowest BCUT2D eigenvalue weighted by Crippen LogP contribution is -2.25. The van der Waals surface area contributed by atoms with Gasteiger partial charge in [-0.2, -0.15) is 5.10 Å². The van der Waals surface area contributed by atoms with E-state index in [9.17, 15) is 4.79 Å². The van der Waals surface area contributed by atoms with Gasteiger partial charge in [0, 0.05) is 19.2 Å². The van der Waals surface area contributed by atoms with Crippen LogP contribution in [-0.4, -0.2) is 51.3 Å². The average Bonchev–Trinajstić information content (AvgIpc) is 3.43. The number of nitrogens with one attached hydrogen (secondary N) is 2. The van der Waals surface area contributed by atoms with Gasteiger partial charge in [0.05, 0.1) is 18.1 Å². The Morgan fingerprint density at radius 1 is 1.27 bits per heavy atom. The normalized spacial score (nSPS) is 12.7. The number of aromatic nitrogens is 4. The van der Waals surface area contributed by atoms with Crippen molar-refractivity contribution in [1.82, 2.24) is 25.1 Å². The Labute approximate surface area is 197 Å². The van der Waals surface area contributed by atoms with Gasteiger partial charge in [0.15, 0.2) is 22.3 Å². The Hall–Kier alpha value is -3.27. The highest BCUT2D eigenvalue weighted by Gasteiger charge is 2.14. The van der Waals surface area contributed by atoms with Crippen LogP contribution >= 0.6 is 11.8 Å². The van der Waals surface area contributed by atoms with E-state index < -0.39 is 0 Å². The van der Waals surface area contributed by atoms with Gasteiger partial charge in [0.25, 0.3) is 0 Å². The predicted octanol–water partition coefficient (Wildman–Crippen LogP) is 3.56. The van der Waals surface area contributed by atoms with E-state index in [2.05, 4.69) is 46.5 Å². The summed E-state index contributed by atoms with van der Waals surface area (Å²) in [7, 11) is 0. The van der Waals surface area contributed by atoms with Crippen molar-refractivity contribution in [3.8, 4) is 11.5 Å². The highest BCUT2D eigenvalue weighted by molar-refractivity contribution is 7.99. The number of thioether (sulfide) groups is 1. The third-order valence-electron chi connectivity index (χ3n) is 4.87. The topological polar surface area (TPSA) is 103 Å². The Kier molecular flexibility index (Phi) is 7.33. The molecule has 1 aliphatic heterocycles. The number of hydrogen-bond donors (Lipinski definition) is 2. The zero-order valence-corrected chi connectivity index (χ0v) is 19.8. The average molecular weight is 469 g/mol. The number of carbonyl (C=O) groups excluding carboxylic acids is 1. The lowest BCUT2D eigenvalue weighted by molar-refractivity contribution is -0.116. The summed E-state index contributed by atoms with van der Waals surface area (Å²) in [6.45, 7) is 8.35. The van der Waals surface area contributed by atoms with Crippen molar-refractivity contribution in [3.05, 3.63) is 36.0 Å². The molecule has 0 atom stereocenters. The van der Waals surface area contributed by atoms with E-state index >= 15 is 0 Å². The summed E-state index contributed by atoms with van der Waals surface area (Å²) in [5, 5.41) is 12.4. The monoisotopic (exact) mass is 468 g/mol. The van der Waals surface area contributed by atoms with Crippen LogP contribution in [0.2, 0.25) is 0 Å². The number of amides is 1. The van der Waals surface area contributed by atoms with Crippen molar-refractivity contribution < 1.29 is 14.3 Å². The fourth-order valence-corrected chi connectivity index (χ4v) is 3.83. The standard InChI is InChI=1S/C23H28N6O3S/c1-4-33-23-27-21(25-12-15(2)3)17-13-26-29(22(17)28-23)10-9-24-20(30)8-6-16-5-7-18-19(11-16)32-14-31-18/h5-8,11,13,15H,4,9-10,12,14H2,1-3H3,(H,24,30)(H,25,27,28)/b8-6-. The van der Waals surface area contributed by atoms with Crippen LogP contribution in [0.1, 0.15) is 26.3 Å². The van der Waals surface area contributed by atoms with E-state index in [1.807, 2.05) is 18.2 Å². The van der Waals surface area contributed by atoms with Gasteiger partial charge in [-0.15, -0.1) is 0 Å². The lowest BCUT2D eigenvalue weighted by Gasteiger charge is -2.11. The molecule has 0 saturated carbocycles. The largest absolute Gasteiger partial charge is 0.454 e. The molecule has 10 heteroatoms. The maximum Gasteiger partial charge on any atom is 0.244 e. The van der Waals surface area contributed by atoms with Crippen molar-refractivity contribution in [2.75, 3.05) is 31.0 Å². The molecule has 0 aliphatic carbocycles. The summed E-state index contributed by atoms with van der Waals surface area (Å²) in [6, 6.07) is 5.56. The summed E-state index contributed by atoms with van der Waals surface area (Å²) in [5.41, 5.74) is 1.63. The van der Waals surface area contributed by atoms with E-state index in [1.165, 1.54) is 6.08 Å². The van der Waals surface area contributed by atoms with Crippen molar-refractivity contribution >= 4 is 40.6 Å². The van der Waals surface area contributed by atoms with Crippen molar-refractivity contribution in [2.24, 2.45) is 5.92 Å². The number of fused-ring (bicyclic) bond motifs is 2. The quantitative estimate of drug-likeness (QED) is 0.264. The molecule has 1 aliphatic rings. The van der Waals surface area contributed by atoms with Crippen molar-refractivity contribution in [3.63, 3.8) is 0 Å². The first-order valence-corrected chi connectivity index (χ1v) is 12.0. The molecule has 4 rings (SSSR count). The van der Waals surface area contributed by atoms with Crippen LogP contribution < -0.4 is 20.1 Å². The van der Waals surface area contributed by atoms with Gasteiger partial charge in [-0.25, -0.2) is 14.6 Å². The number of carbonyl (C=O) groups is 1. The molecular formula is C23H28N6O3S. The lowest BCUT2D eigenvalue weighted by atomic mass is 10.2. The molecule has 33 heavy (non-hydrogen) atoms. The smallest absolute Gasteiger partial charge is 0.244 e. The molecule has 9 nitrogen and oxygen atoms in total. The number of anilines is 1. The van der Waals surface area contributed by atoms with E-state index in [4.69, 9.17) is 9.47 Å². The van der Waals surface area contributed by atoms with Gasteiger partial charge in [0.2, 0.25) is 12.7 Å². The van der Waals surface area contributed by atoms with Crippen LogP contribution in [0.4, 0.5) is 5.82 Å². The SMILES string of the molecule is CCSc1nc(NCC(C)C)c2cnn(CCNC(=O)/C=C\c3ccc4c(c3)OCO4)c2n1. The second-order valence-electron chi connectivity index (χ2n) is 7.90. The molecule has 1 amide bonds. The van der Waals surface area contributed by atoms with Crippen molar-refractivity contribution in [2.45, 2.75) is 32.5 Å². The third-order valence-corrected chi connectivity index (χ3v) is 5.60. The van der Waals surface area contributed by atoms with E-state index in [0.717, 1.165) is 40.5 Å². The van der Waals surface area contributed by atoms with Gasteiger partial charge < -0.3 is 20.1 Å². The van der Waals surface area contributed by atoms with Crippen LogP contribution in [-0.2, 0) is 11.3 Å². The molecule has 0 fully saturated rings. The zero-order valence-electron chi connectivity index (χ0n) is 19.0. The molecule has 0 bridgehead atoms. The third kappa shape index (κ3) is 5.75. The van der Waals surface area contributed by atoms with Crippen LogP contribution in [0.5, 0.6) is 11.5 Å². The Balaban J connectivity index is 1.38. The van der Waals surface area contributed by atoms with Gasteiger partial charge in [-0.05, 0) is 35.4 Å². The fourth-order valence-electron chi connectivity index (χ4n) is 3.26. The summed E-state index contributed by atoms with van der Waals surface area (Å²) >= 11 is 1.59. The highest BCUT2D eigenvalue weighted by atomic mass is 32.2. The Bertz CT molecular complexity index is 1160. The minimum absolute atomic E-state index is 0.180. The number of ether oxygens (including phenoxy) is 2. The number of rotatable bonds is 10. The molecule has 2 aromatic heterocycles. The summed E-state index contributed by atoms with van der Waals surface area (Å²) in [5.74, 6) is 3.40. The van der Waals surface area contributed by atoms with Crippen LogP contribution in [0, 0.1) is 5.92 Å². The zero-order chi connectivity index (χ0) is 23.2.